The molecule has 0 spiro atoms. The fourth-order valence-electron chi connectivity index (χ4n) is 1.92. The van der Waals surface area contributed by atoms with Crippen LogP contribution in [0.3, 0.4) is 0 Å². The van der Waals surface area contributed by atoms with Crippen LogP contribution in [0.15, 0.2) is 35.2 Å². The predicted octanol–water partition coefficient (Wildman–Crippen LogP) is 1.37. The molecular weight excluding hydrogens is 290 g/mol. The molecular formula is C15H23NO4S. The van der Waals surface area contributed by atoms with Crippen LogP contribution in [-0.4, -0.2) is 37.8 Å². The number of carbonyl (C=O) groups excluding carboxylic acids is 1. The lowest BCUT2D eigenvalue weighted by molar-refractivity contribution is -0.121. The summed E-state index contributed by atoms with van der Waals surface area (Å²) in [6.45, 7) is 4.12. The summed E-state index contributed by atoms with van der Waals surface area (Å²) >= 11 is 0. The van der Waals surface area contributed by atoms with Crippen LogP contribution in [0.2, 0.25) is 0 Å². The third kappa shape index (κ3) is 6.73. The lowest BCUT2D eigenvalue weighted by atomic mass is 10.1. The Morgan fingerprint density at radius 2 is 1.86 bits per heavy atom. The monoisotopic (exact) mass is 313 g/mol. The number of carbonyl (C=O) groups is 1. The zero-order valence-corrected chi connectivity index (χ0v) is 13.3. The molecule has 1 aromatic rings. The van der Waals surface area contributed by atoms with Gasteiger partial charge in [0.2, 0.25) is 5.91 Å². The summed E-state index contributed by atoms with van der Waals surface area (Å²) in [6, 6.07) is 8.06. The van der Waals surface area contributed by atoms with Crippen LogP contribution >= 0.6 is 0 Å². The standard InChI is InChI=1S/C15H23NO4S/c1-12(2)10-13(17)11-16-15(18)8-9-21(19,20)14-6-4-3-5-7-14/h3-7,12-13,17H,8-11H2,1-2H3,(H,16,18). The van der Waals surface area contributed by atoms with Gasteiger partial charge >= 0.3 is 0 Å². The summed E-state index contributed by atoms with van der Waals surface area (Å²) < 4.78 is 24.0. The van der Waals surface area contributed by atoms with Crippen LogP contribution < -0.4 is 5.32 Å². The van der Waals surface area contributed by atoms with Gasteiger partial charge in [-0.1, -0.05) is 32.0 Å². The first-order chi connectivity index (χ1) is 9.81. The Hall–Kier alpha value is -1.40. The number of nitrogens with one attached hydrogen (secondary N) is 1. The van der Waals surface area contributed by atoms with Crippen LogP contribution in [-0.2, 0) is 14.6 Å². The molecule has 1 atom stereocenters. The first-order valence-electron chi connectivity index (χ1n) is 7.04. The molecule has 2 N–H and O–H groups in total. The van der Waals surface area contributed by atoms with Gasteiger partial charge in [-0.15, -0.1) is 0 Å². The molecule has 0 aliphatic rings. The Labute approximate surface area is 126 Å². The molecule has 21 heavy (non-hydrogen) atoms. The molecule has 0 saturated heterocycles. The summed E-state index contributed by atoms with van der Waals surface area (Å²) in [5.41, 5.74) is 0. The van der Waals surface area contributed by atoms with Crippen LogP contribution in [0.4, 0.5) is 0 Å². The Bertz CT molecular complexity index is 540. The first kappa shape index (κ1) is 17.7. The molecule has 1 rings (SSSR count). The van der Waals surface area contributed by atoms with E-state index in [1.807, 2.05) is 13.8 Å². The lowest BCUT2D eigenvalue weighted by Gasteiger charge is -2.13. The van der Waals surface area contributed by atoms with Gasteiger partial charge in [0.25, 0.3) is 0 Å². The molecule has 0 radical (unpaired) electrons. The second kappa shape index (κ2) is 8.14. The Morgan fingerprint density at radius 3 is 2.43 bits per heavy atom. The molecule has 1 unspecified atom stereocenters. The van der Waals surface area contributed by atoms with E-state index in [0.29, 0.717) is 12.3 Å². The third-order valence-corrected chi connectivity index (χ3v) is 4.71. The number of hydrogen-bond donors (Lipinski definition) is 2. The van der Waals surface area contributed by atoms with Gasteiger partial charge in [-0.25, -0.2) is 8.42 Å². The van der Waals surface area contributed by atoms with Crippen molar-refractivity contribution in [3.8, 4) is 0 Å². The van der Waals surface area contributed by atoms with Crippen molar-refractivity contribution in [1.29, 1.82) is 0 Å². The van der Waals surface area contributed by atoms with Gasteiger partial charge in [-0.05, 0) is 24.5 Å². The molecule has 1 aromatic carbocycles. The van der Waals surface area contributed by atoms with E-state index in [9.17, 15) is 18.3 Å². The van der Waals surface area contributed by atoms with E-state index in [4.69, 9.17) is 0 Å². The van der Waals surface area contributed by atoms with Crippen molar-refractivity contribution < 1.29 is 18.3 Å². The van der Waals surface area contributed by atoms with E-state index in [0.717, 1.165) is 0 Å². The number of rotatable bonds is 8. The molecule has 0 aliphatic heterocycles. The molecule has 1 amide bonds. The molecule has 0 saturated carbocycles. The summed E-state index contributed by atoms with van der Waals surface area (Å²) in [5.74, 6) is -0.254. The molecule has 0 heterocycles. The number of aliphatic hydroxyl groups is 1. The van der Waals surface area contributed by atoms with Gasteiger partial charge in [0.1, 0.15) is 0 Å². The van der Waals surface area contributed by atoms with Gasteiger partial charge in [0.05, 0.1) is 16.8 Å². The van der Waals surface area contributed by atoms with Gasteiger partial charge in [0, 0.05) is 13.0 Å². The summed E-state index contributed by atoms with van der Waals surface area (Å²) in [7, 11) is -3.44. The fraction of sp³-hybridized carbons (Fsp3) is 0.533. The maximum Gasteiger partial charge on any atom is 0.221 e. The maximum atomic E-state index is 12.0. The molecule has 0 fully saturated rings. The number of sulfone groups is 1. The minimum atomic E-state index is -3.44. The SMILES string of the molecule is CC(C)CC(O)CNC(=O)CCS(=O)(=O)c1ccccc1. The normalized spacial score (nSPS) is 13.1. The number of hydrogen-bond acceptors (Lipinski definition) is 4. The average Bonchev–Trinajstić information content (AvgIpc) is 2.43. The zero-order chi connectivity index (χ0) is 15.9. The van der Waals surface area contributed by atoms with Gasteiger partial charge in [-0.2, -0.15) is 0 Å². The topological polar surface area (TPSA) is 83.5 Å². The number of aliphatic hydroxyl groups excluding tert-OH is 1. The summed E-state index contributed by atoms with van der Waals surface area (Å²) in [5, 5.41) is 12.2. The molecule has 6 heteroatoms. The molecule has 0 bridgehead atoms. The highest BCUT2D eigenvalue weighted by atomic mass is 32.2. The summed E-state index contributed by atoms with van der Waals surface area (Å²) in [4.78, 5) is 11.8. The van der Waals surface area contributed by atoms with E-state index < -0.39 is 15.9 Å². The van der Waals surface area contributed by atoms with Crippen molar-refractivity contribution in [2.24, 2.45) is 5.92 Å². The highest BCUT2D eigenvalue weighted by Gasteiger charge is 2.16. The van der Waals surface area contributed by atoms with Crippen molar-refractivity contribution in [2.75, 3.05) is 12.3 Å². The number of amides is 1. The van der Waals surface area contributed by atoms with Gasteiger partial charge in [-0.3, -0.25) is 4.79 Å². The van der Waals surface area contributed by atoms with Crippen molar-refractivity contribution in [1.82, 2.24) is 5.32 Å². The van der Waals surface area contributed by atoms with Crippen LogP contribution in [0.5, 0.6) is 0 Å². The van der Waals surface area contributed by atoms with Crippen LogP contribution in [0.25, 0.3) is 0 Å². The van der Waals surface area contributed by atoms with Crippen LogP contribution in [0, 0.1) is 5.92 Å². The van der Waals surface area contributed by atoms with E-state index in [1.54, 1.807) is 18.2 Å². The quantitative estimate of drug-likeness (QED) is 0.759. The average molecular weight is 313 g/mol. The first-order valence-corrected chi connectivity index (χ1v) is 8.69. The minimum Gasteiger partial charge on any atom is -0.391 e. The van der Waals surface area contributed by atoms with E-state index in [-0.39, 0.29) is 29.5 Å². The lowest BCUT2D eigenvalue weighted by Crippen LogP contribution is -2.33. The van der Waals surface area contributed by atoms with Crippen molar-refractivity contribution in [3.63, 3.8) is 0 Å². The van der Waals surface area contributed by atoms with E-state index >= 15 is 0 Å². The smallest absolute Gasteiger partial charge is 0.221 e. The Morgan fingerprint density at radius 1 is 1.24 bits per heavy atom. The highest BCUT2D eigenvalue weighted by Crippen LogP contribution is 2.11. The largest absolute Gasteiger partial charge is 0.391 e. The third-order valence-electron chi connectivity index (χ3n) is 2.98. The molecule has 0 aromatic heterocycles. The van der Waals surface area contributed by atoms with Crippen molar-refractivity contribution in [2.45, 2.75) is 37.7 Å². The number of benzene rings is 1. The molecule has 0 aliphatic carbocycles. The second-order valence-electron chi connectivity index (χ2n) is 5.47. The highest BCUT2D eigenvalue weighted by molar-refractivity contribution is 7.91. The zero-order valence-electron chi connectivity index (χ0n) is 12.5. The second-order valence-corrected chi connectivity index (χ2v) is 7.58. The molecule has 5 nitrogen and oxygen atoms in total. The van der Waals surface area contributed by atoms with Gasteiger partial charge in [0.15, 0.2) is 9.84 Å². The van der Waals surface area contributed by atoms with Gasteiger partial charge < -0.3 is 10.4 Å². The maximum absolute atomic E-state index is 12.0. The minimum absolute atomic E-state index is 0.106. The van der Waals surface area contributed by atoms with Crippen LogP contribution in [0.1, 0.15) is 26.7 Å². The molecule has 118 valence electrons. The fourth-order valence-corrected chi connectivity index (χ4v) is 3.18. The van der Waals surface area contributed by atoms with Crippen molar-refractivity contribution in [3.05, 3.63) is 30.3 Å². The predicted molar refractivity (Wildman–Crippen MR) is 81.6 cm³/mol. The summed E-state index contributed by atoms with van der Waals surface area (Å²) in [6.07, 6.45) is -0.103. The van der Waals surface area contributed by atoms with Crippen molar-refractivity contribution >= 4 is 15.7 Å². The Balaban J connectivity index is 2.40. The van der Waals surface area contributed by atoms with E-state index in [1.165, 1.54) is 12.1 Å². The Kier molecular flexibility index (Phi) is 6.84. The van der Waals surface area contributed by atoms with E-state index in [2.05, 4.69) is 5.32 Å².